The second-order valence-corrected chi connectivity index (χ2v) is 19.8. The van der Waals surface area contributed by atoms with Gasteiger partial charge in [0.25, 0.3) is 23.6 Å². The highest BCUT2D eigenvalue weighted by molar-refractivity contribution is 14.1. The van der Waals surface area contributed by atoms with Crippen LogP contribution in [0.25, 0.3) is 0 Å². The summed E-state index contributed by atoms with van der Waals surface area (Å²) >= 11 is 10.4. The SMILES string of the molecule is CN(C(=O)CC(=O)N(C)c1c(I)c(C(=O)NCC(O)CO)c(I)c(C(=O)NC(CO)C(O)CO)c1I)c1c(I)c(C(=O)NCC(O)CO)c(I)c(C(=O)NC(CO)C(O)CO)c1I. The van der Waals surface area contributed by atoms with Crippen molar-refractivity contribution < 1.29 is 79.8 Å². The molecular weight excluding hydrogens is 1520 g/mol. The zero-order valence-electron chi connectivity index (χ0n) is 32.9. The molecule has 2 rings (SSSR count). The van der Waals surface area contributed by atoms with Crippen molar-refractivity contribution in [1.29, 1.82) is 0 Å². The number of carbonyl (C=O) groups excluding carboxylic acids is 6. The van der Waals surface area contributed by atoms with Crippen LogP contribution in [0.1, 0.15) is 47.9 Å². The Morgan fingerprint density at radius 1 is 0.460 bits per heavy atom. The van der Waals surface area contributed by atoms with E-state index in [-0.39, 0.29) is 55.0 Å². The molecule has 0 spiro atoms. The van der Waals surface area contributed by atoms with Crippen LogP contribution in [0.5, 0.6) is 0 Å². The molecule has 0 fully saturated rings. The summed E-state index contributed by atoms with van der Waals surface area (Å²) in [5, 5.41) is 107. The molecule has 6 amide bonds. The number of hydrogen-bond donors (Lipinski definition) is 14. The lowest BCUT2D eigenvalue weighted by Crippen LogP contribution is -2.48. The number of nitrogens with zero attached hydrogens (tertiary/aromatic N) is 2. The summed E-state index contributed by atoms with van der Waals surface area (Å²) < 4.78 is 0.428. The van der Waals surface area contributed by atoms with Crippen molar-refractivity contribution >= 4 is 182 Å². The van der Waals surface area contributed by atoms with Gasteiger partial charge in [0, 0.05) is 34.3 Å². The molecule has 2 aromatic rings. The normalized spacial score (nSPS) is 14.1. The van der Waals surface area contributed by atoms with E-state index in [9.17, 15) is 79.8 Å². The Balaban J connectivity index is 2.78. The molecule has 0 bridgehead atoms. The number of carbonyl (C=O) groups is 6. The Hall–Kier alpha value is -0.760. The summed E-state index contributed by atoms with van der Waals surface area (Å²) in [6.45, 7) is -5.43. The molecule has 0 radical (unpaired) electrons. The predicted octanol–water partition coefficient (Wildman–Crippen LogP) is -2.62. The number of amides is 6. The van der Waals surface area contributed by atoms with Crippen LogP contribution in [0.2, 0.25) is 0 Å². The topological polar surface area (TPSA) is 359 Å². The number of benzene rings is 2. The Bertz CT molecular complexity index is 1900. The molecule has 352 valence electrons. The van der Waals surface area contributed by atoms with Gasteiger partial charge in [-0.2, -0.15) is 0 Å². The zero-order chi connectivity index (χ0) is 48.2. The van der Waals surface area contributed by atoms with Crippen molar-refractivity contribution in [3.8, 4) is 0 Å². The van der Waals surface area contributed by atoms with Crippen LogP contribution in [0, 0.1) is 21.4 Å². The van der Waals surface area contributed by atoms with Gasteiger partial charge < -0.3 is 82.1 Å². The third-order valence-corrected chi connectivity index (χ3v) is 15.3. The van der Waals surface area contributed by atoms with E-state index in [1.54, 1.807) is 136 Å². The van der Waals surface area contributed by atoms with Crippen molar-refractivity contribution in [3.63, 3.8) is 0 Å². The van der Waals surface area contributed by atoms with Gasteiger partial charge >= 0.3 is 0 Å². The minimum atomic E-state index is -1.58. The number of rotatable bonds is 22. The van der Waals surface area contributed by atoms with Crippen molar-refractivity contribution in [1.82, 2.24) is 21.3 Å². The second kappa shape index (κ2) is 27.3. The van der Waals surface area contributed by atoms with Gasteiger partial charge in [-0.25, -0.2) is 0 Å². The molecule has 6 unspecified atom stereocenters. The lowest BCUT2D eigenvalue weighted by Gasteiger charge is -2.28. The van der Waals surface area contributed by atoms with Gasteiger partial charge in [0.2, 0.25) is 11.8 Å². The average molecular weight is 1570 g/mol. The molecule has 2 aromatic carbocycles. The summed E-state index contributed by atoms with van der Waals surface area (Å²) in [5.41, 5.74) is -0.797. The van der Waals surface area contributed by atoms with E-state index < -0.39 is 131 Å². The third kappa shape index (κ3) is 14.6. The first kappa shape index (κ1) is 58.4. The lowest BCUT2D eigenvalue weighted by molar-refractivity contribution is -0.126. The molecule has 28 heteroatoms. The Morgan fingerprint density at radius 2 is 0.746 bits per heavy atom. The van der Waals surface area contributed by atoms with E-state index >= 15 is 0 Å². The highest BCUT2D eigenvalue weighted by Crippen LogP contribution is 2.40. The average Bonchev–Trinajstić information content (AvgIpc) is 3.24. The molecule has 0 saturated heterocycles. The van der Waals surface area contributed by atoms with Crippen molar-refractivity contribution in [2.75, 3.05) is 76.6 Å². The summed E-state index contributed by atoms with van der Waals surface area (Å²) in [4.78, 5) is 85.0. The van der Waals surface area contributed by atoms with Gasteiger partial charge in [0.1, 0.15) is 6.42 Å². The minimum Gasteiger partial charge on any atom is -0.394 e. The van der Waals surface area contributed by atoms with Crippen LogP contribution in [0.4, 0.5) is 11.4 Å². The van der Waals surface area contributed by atoms with Crippen LogP contribution in [0.3, 0.4) is 0 Å². The molecule has 0 saturated carbocycles. The summed E-state index contributed by atoms with van der Waals surface area (Å²) in [6.07, 6.45) is -6.76. The van der Waals surface area contributed by atoms with E-state index in [2.05, 4.69) is 21.3 Å². The second-order valence-electron chi connectivity index (χ2n) is 13.3. The number of hydrogen-bond acceptors (Lipinski definition) is 16. The predicted molar refractivity (Wildman–Crippen MR) is 274 cm³/mol. The molecule has 14 N–H and O–H groups in total. The Kier molecular flexibility index (Phi) is 25.3. The number of aliphatic hydroxyl groups is 10. The van der Waals surface area contributed by atoms with E-state index in [0.717, 1.165) is 9.80 Å². The zero-order valence-corrected chi connectivity index (χ0v) is 45.9. The number of anilines is 2. The molecule has 6 atom stereocenters. The third-order valence-electron chi connectivity index (χ3n) is 8.96. The van der Waals surface area contributed by atoms with Crippen molar-refractivity contribution in [2.24, 2.45) is 0 Å². The van der Waals surface area contributed by atoms with Crippen LogP contribution >= 0.6 is 136 Å². The highest BCUT2D eigenvalue weighted by Gasteiger charge is 2.36. The smallest absolute Gasteiger partial charge is 0.253 e. The van der Waals surface area contributed by atoms with E-state index in [1.807, 2.05) is 0 Å². The monoisotopic (exact) mass is 1570 g/mol. The Morgan fingerprint density at radius 3 is 1.00 bits per heavy atom. The Labute approximate surface area is 441 Å². The van der Waals surface area contributed by atoms with Gasteiger partial charge in [-0.05, 0) is 136 Å². The van der Waals surface area contributed by atoms with Gasteiger partial charge in [-0.1, -0.05) is 0 Å². The van der Waals surface area contributed by atoms with E-state index in [4.69, 9.17) is 0 Å². The van der Waals surface area contributed by atoms with E-state index in [0.29, 0.717) is 0 Å². The summed E-state index contributed by atoms with van der Waals surface area (Å²) in [6, 6.07) is -2.72. The van der Waals surface area contributed by atoms with Gasteiger partial charge in [-0.3, -0.25) is 28.8 Å². The first-order chi connectivity index (χ1) is 29.5. The van der Waals surface area contributed by atoms with Crippen LogP contribution in [0.15, 0.2) is 0 Å². The van der Waals surface area contributed by atoms with Gasteiger partial charge in [-0.15, -0.1) is 0 Å². The minimum absolute atomic E-state index is 0.0371. The van der Waals surface area contributed by atoms with Crippen LogP contribution in [-0.2, 0) is 9.59 Å². The molecule has 0 aliphatic rings. The first-order valence-corrected chi connectivity index (χ1v) is 24.5. The van der Waals surface area contributed by atoms with E-state index in [1.165, 1.54) is 14.1 Å². The fourth-order valence-corrected chi connectivity index (χ4v) is 15.0. The van der Waals surface area contributed by atoms with Crippen LogP contribution < -0.4 is 31.1 Å². The maximum absolute atomic E-state index is 14.1. The molecule has 0 aliphatic carbocycles. The molecule has 0 heterocycles. The molecule has 63 heavy (non-hydrogen) atoms. The number of nitrogens with one attached hydrogen (secondary N) is 4. The van der Waals surface area contributed by atoms with Crippen LogP contribution in [-0.4, -0.2) is 190 Å². The molecular formula is C35H44I6N6O16. The summed E-state index contributed by atoms with van der Waals surface area (Å²) in [5.74, 6) is -5.32. The molecule has 22 nitrogen and oxygen atoms in total. The largest absolute Gasteiger partial charge is 0.394 e. The number of halogens is 6. The number of aliphatic hydroxyl groups excluding tert-OH is 10. The van der Waals surface area contributed by atoms with Gasteiger partial charge in [0.05, 0.1) is 124 Å². The fraction of sp³-hybridized carbons (Fsp3) is 0.486. The standard InChI is InChI=1S/C35H44I6N6O16/c1-46(30-26(38)20(32(60)42-4-12(54)6-48)24(36)22(28(30)40)34(62)44-14(8-50)16(56)10-52)18(58)3-19(59)47(2)31-27(39)21(33(61)43-5-13(55)7-49)25(37)23(29(31)41)35(63)45-15(9-51)17(57)11-53/h12-17,48-57H,3-11H2,1-2H3,(H,42,60)(H,43,61)(H,44,62)(H,45,63). The fourth-order valence-electron chi connectivity index (χ4n) is 5.29. The van der Waals surface area contributed by atoms with Crippen molar-refractivity contribution in [2.45, 2.75) is 42.9 Å². The highest BCUT2D eigenvalue weighted by atomic mass is 127. The first-order valence-electron chi connectivity index (χ1n) is 18.0. The lowest BCUT2D eigenvalue weighted by atomic mass is 10.0. The maximum atomic E-state index is 14.1. The maximum Gasteiger partial charge on any atom is 0.253 e. The quantitative estimate of drug-likeness (QED) is 0.0424. The molecule has 0 aromatic heterocycles. The van der Waals surface area contributed by atoms with Crippen molar-refractivity contribution in [3.05, 3.63) is 43.7 Å². The van der Waals surface area contributed by atoms with Gasteiger partial charge in [0.15, 0.2) is 0 Å². The molecule has 0 aliphatic heterocycles. The summed E-state index contributed by atoms with van der Waals surface area (Å²) in [7, 11) is 2.52.